The highest BCUT2D eigenvalue weighted by atomic mass is 79.9. The van der Waals surface area contributed by atoms with Crippen molar-refractivity contribution in [2.24, 2.45) is 0 Å². The molecule has 1 aliphatic carbocycles. The highest BCUT2D eigenvalue weighted by Gasteiger charge is 2.22. The molecule has 1 aliphatic rings. The summed E-state index contributed by atoms with van der Waals surface area (Å²) in [6, 6.07) is 19.3. The van der Waals surface area contributed by atoms with Gasteiger partial charge in [0.25, 0.3) is 0 Å². The monoisotopic (exact) mass is 497 g/mol. The number of nitrogens with one attached hydrogen (secondary N) is 3. The van der Waals surface area contributed by atoms with Crippen LogP contribution in [0, 0.1) is 0 Å². The lowest BCUT2D eigenvalue weighted by Gasteiger charge is -2.31. The first-order chi connectivity index (χ1) is 15.0. The smallest absolute Gasteiger partial charge is 0.170 e. The van der Waals surface area contributed by atoms with Crippen LogP contribution in [0.1, 0.15) is 25.7 Å². The van der Waals surface area contributed by atoms with Gasteiger partial charge in [0.2, 0.25) is 0 Å². The van der Waals surface area contributed by atoms with Crippen molar-refractivity contribution in [3.8, 4) is 0 Å². The number of hydrogen-bond donors (Lipinski definition) is 3. The van der Waals surface area contributed by atoms with Gasteiger partial charge in [0.15, 0.2) is 5.11 Å². The van der Waals surface area contributed by atoms with E-state index < -0.39 is 0 Å². The zero-order chi connectivity index (χ0) is 21.8. The van der Waals surface area contributed by atoms with Crippen LogP contribution in [0.2, 0.25) is 0 Å². The van der Waals surface area contributed by atoms with Gasteiger partial charge in [-0.1, -0.05) is 34.1 Å². The van der Waals surface area contributed by atoms with Crippen molar-refractivity contribution in [3.63, 3.8) is 0 Å². The lowest BCUT2D eigenvalue weighted by molar-refractivity contribution is 0.388. The molecule has 1 aromatic heterocycles. The number of rotatable bonds is 5. The van der Waals surface area contributed by atoms with Gasteiger partial charge < -0.3 is 20.9 Å². The van der Waals surface area contributed by atoms with E-state index in [9.17, 15) is 0 Å². The van der Waals surface area contributed by atoms with Crippen LogP contribution in [0.15, 0.2) is 59.1 Å². The third-order valence-electron chi connectivity index (χ3n) is 5.69. The van der Waals surface area contributed by atoms with Gasteiger partial charge in [-0.25, -0.2) is 4.98 Å². The number of benzene rings is 2. The maximum absolute atomic E-state index is 5.50. The van der Waals surface area contributed by atoms with E-state index in [-0.39, 0.29) is 0 Å². The fourth-order valence-corrected chi connectivity index (χ4v) is 4.63. The molecule has 2 aromatic carbocycles. The summed E-state index contributed by atoms with van der Waals surface area (Å²) in [5.41, 5.74) is 3.21. The van der Waals surface area contributed by atoms with Crippen molar-refractivity contribution in [2.75, 3.05) is 29.6 Å². The SMILES string of the molecule is CN(C)c1cc(N[C@H]2CC[C@@H](NC(=S)Nc3ccc(Br)cc3)CC2)nc2ccccc12. The number of nitrogens with zero attached hydrogens (tertiary/aromatic N) is 2. The molecule has 0 spiro atoms. The molecule has 0 atom stereocenters. The molecule has 3 aromatic rings. The highest BCUT2D eigenvalue weighted by molar-refractivity contribution is 9.10. The van der Waals surface area contributed by atoms with Gasteiger partial charge in [-0.2, -0.15) is 0 Å². The summed E-state index contributed by atoms with van der Waals surface area (Å²) in [6.45, 7) is 0. The molecule has 0 unspecified atom stereocenters. The molecule has 1 heterocycles. The van der Waals surface area contributed by atoms with Gasteiger partial charge in [0, 0.05) is 53.5 Å². The molecule has 5 nitrogen and oxygen atoms in total. The van der Waals surface area contributed by atoms with Crippen LogP contribution in [0.4, 0.5) is 17.2 Å². The Morgan fingerprint density at radius 1 is 1.00 bits per heavy atom. The second-order valence-corrected chi connectivity index (χ2v) is 9.56. The van der Waals surface area contributed by atoms with Gasteiger partial charge in [-0.05, 0) is 68.2 Å². The van der Waals surface area contributed by atoms with E-state index in [1.807, 2.05) is 30.3 Å². The third-order valence-corrected chi connectivity index (χ3v) is 6.44. The molecule has 4 rings (SSSR count). The molecule has 0 amide bonds. The molecule has 3 N–H and O–H groups in total. The van der Waals surface area contributed by atoms with Gasteiger partial charge in [0.05, 0.1) is 5.52 Å². The maximum Gasteiger partial charge on any atom is 0.170 e. The first kappa shape index (κ1) is 21.8. The highest BCUT2D eigenvalue weighted by Crippen LogP contribution is 2.29. The predicted molar refractivity (Wildman–Crippen MR) is 139 cm³/mol. The van der Waals surface area contributed by atoms with Crippen LogP contribution >= 0.6 is 28.1 Å². The third kappa shape index (κ3) is 5.66. The Balaban J connectivity index is 1.32. The Bertz CT molecular complexity index is 1050. The number of pyridine rings is 1. The molecular weight excluding hydrogens is 470 g/mol. The number of halogens is 1. The van der Waals surface area contributed by atoms with Crippen LogP contribution < -0.4 is 20.9 Å². The van der Waals surface area contributed by atoms with Crippen LogP contribution in [0.3, 0.4) is 0 Å². The minimum Gasteiger partial charge on any atom is -0.377 e. The van der Waals surface area contributed by atoms with Crippen LogP contribution in [0.25, 0.3) is 10.9 Å². The van der Waals surface area contributed by atoms with Crippen molar-refractivity contribution < 1.29 is 0 Å². The summed E-state index contributed by atoms with van der Waals surface area (Å²) in [6.07, 6.45) is 4.33. The first-order valence-electron chi connectivity index (χ1n) is 10.6. The Morgan fingerprint density at radius 3 is 2.39 bits per heavy atom. The van der Waals surface area contributed by atoms with Crippen molar-refractivity contribution in [1.29, 1.82) is 0 Å². The average molecular weight is 498 g/mol. The van der Waals surface area contributed by atoms with Crippen molar-refractivity contribution in [2.45, 2.75) is 37.8 Å². The molecule has 0 radical (unpaired) electrons. The topological polar surface area (TPSA) is 52.2 Å². The molecule has 7 heteroatoms. The van der Waals surface area contributed by atoms with Gasteiger partial charge in [-0.15, -0.1) is 0 Å². The second kappa shape index (κ2) is 9.83. The quantitative estimate of drug-likeness (QED) is 0.388. The van der Waals surface area contributed by atoms with E-state index in [4.69, 9.17) is 17.2 Å². The number of hydrogen-bond acceptors (Lipinski definition) is 4. The van der Waals surface area contributed by atoms with Gasteiger partial charge >= 0.3 is 0 Å². The molecule has 0 aliphatic heterocycles. The van der Waals surface area contributed by atoms with E-state index in [1.54, 1.807) is 0 Å². The zero-order valence-corrected chi connectivity index (χ0v) is 20.3. The van der Waals surface area contributed by atoms with E-state index in [0.717, 1.165) is 47.2 Å². The fraction of sp³-hybridized carbons (Fsp3) is 0.333. The summed E-state index contributed by atoms with van der Waals surface area (Å²) in [7, 11) is 4.15. The Kier molecular flexibility index (Phi) is 6.92. The summed E-state index contributed by atoms with van der Waals surface area (Å²) in [5.74, 6) is 0.950. The Morgan fingerprint density at radius 2 is 1.68 bits per heavy atom. The molecule has 31 heavy (non-hydrogen) atoms. The van der Waals surface area contributed by atoms with E-state index in [2.05, 4.69) is 75.1 Å². The number of thiocarbonyl (C=S) groups is 1. The number of fused-ring (bicyclic) bond motifs is 1. The lowest BCUT2D eigenvalue weighted by atomic mass is 9.91. The first-order valence-corrected chi connectivity index (χ1v) is 11.8. The largest absolute Gasteiger partial charge is 0.377 e. The Labute approximate surface area is 197 Å². The van der Waals surface area contributed by atoms with E-state index in [0.29, 0.717) is 17.2 Å². The molecule has 162 valence electrons. The molecule has 0 saturated heterocycles. The van der Waals surface area contributed by atoms with Crippen molar-refractivity contribution in [1.82, 2.24) is 10.3 Å². The van der Waals surface area contributed by atoms with Crippen LogP contribution in [-0.2, 0) is 0 Å². The molecule has 1 fully saturated rings. The van der Waals surface area contributed by atoms with Crippen molar-refractivity contribution >= 4 is 61.4 Å². The summed E-state index contributed by atoms with van der Waals surface area (Å²) in [5, 5.41) is 12.3. The normalized spacial score (nSPS) is 18.4. The molecule has 0 bridgehead atoms. The van der Waals surface area contributed by atoms with E-state index >= 15 is 0 Å². The summed E-state index contributed by atoms with van der Waals surface area (Å²) >= 11 is 8.96. The molecule has 1 saturated carbocycles. The minimum absolute atomic E-state index is 0.399. The summed E-state index contributed by atoms with van der Waals surface area (Å²) < 4.78 is 1.06. The van der Waals surface area contributed by atoms with Gasteiger partial charge in [-0.3, -0.25) is 0 Å². The van der Waals surface area contributed by atoms with Gasteiger partial charge in [0.1, 0.15) is 5.82 Å². The summed E-state index contributed by atoms with van der Waals surface area (Å²) in [4.78, 5) is 6.99. The number of para-hydroxylation sites is 1. The number of aromatic nitrogens is 1. The fourth-order valence-electron chi connectivity index (χ4n) is 4.08. The average Bonchev–Trinajstić information content (AvgIpc) is 2.76. The van der Waals surface area contributed by atoms with Crippen molar-refractivity contribution in [3.05, 3.63) is 59.1 Å². The number of anilines is 3. The standard InChI is InChI=1S/C24H28BrN5S/c1-30(2)22-15-23(29-21-6-4-3-5-20(21)22)26-17-11-13-19(14-12-17)28-24(31)27-18-9-7-16(25)8-10-18/h3-10,15,17,19H,11-14H2,1-2H3,(H,26,29)(H2,27,28,31)/t17-,19+. The van der Waals surface area contributed by atoms with E-state index in [1.165, 1.54) is 11.1 Å². The Hall–Kier alpha value is -2.38. The minimum atomic E-state index is 0.399. The van der Waals surface area contributed by atoms with Crippen LogP contribution in [0.5, 0.6) is 0 Å². The zero-order valence-electron chi connectivity index (χ0n) is 17.9. The second-order valence-electron chi connectivity index (χ2n) is 8.24. The van der Waals surface area contributed by atoms with Crippen LogP contribution in [-0.4, -0.2) is 36.3 Å². The predicted octanol–water partition coefficient (Wildman–Crippen LogP) is 5.77. The lowest BCUT2D eigenvalue weighted by Crippen LogP contribution is -2.42. The molecular formula is C24H28BrN5S. The maximum atomic E-state index is 5.50.